The highest BCUT2D eigenvalue weighted by Gasteiger charge is 2.15. The Kier molecular flexibility index (Phi) is 9.05. The van der Waals surface area contributed by atoms with E-state index in [9.17, 15) is 14.7 Å². The van der Waals surface area contributed by atoms with Gasteiger partial charge in [0.05, 0.1) is 23.3 Å². The Balaban J connectivity index is 1.28. The van der Waals surface area contributed by atoms with Gasteiger partial charge in [-0.05, 0) is 61.9 Å². The van der Waals surface area contributed by atoms with Crippen molar-refractivity contribution in [2.45, 2.75) is 45.8 Å². The van der Waals surface area contributed by atoms with Gasteiger partial charge in [0.15, 0.2) is 0 Å². The van der Waals surface area contributed by atoms with Crippen LogP contribution in [-0.2, 0) is 24.3 Å². The Morgan fingerprint density at radius 1 is 0.973 bits per heavy atom. The molecule has 0 aliphatic rings. The van der Waals surface area contributed by atoms with Crippen molar-refractivity contribution in [1.82, 2.24) is 14.9 Å². The molecular formula is C30H33N3O4. The number of rotatable bonds is 13. The van der Waals surface area contributed by atoms with Crippen molar-refractivity contribution < 1.29 is 19.4 Å². The molecule has 0 aliphatic heterocycles. The summed E-state index contributed by atoms with van der Waals surface area (Å²) in [5.74, 6) is -1.46. The summed E-state index contributed by atoms with van der Waals surface area (Å²) in [6, 6.07) is 18.5. The summed E-state index contributed by atoms with van der Waals surface area (Å²) in [5, 5.41) is 13.4. The van der Waals surface area contributed by atoms with Gasteiger partial charge in [-0.25, -0.2) is 4.79 Å². The molecule has 7 heteroatoms. The number of carbonyl (C=O) groups excluding carboxylic acids is 1. The molecule has 0 unspecified atom stereocenters. The van der Waals surface area contributed by atoms with Crippen molar-refractivity contribution in [1.29, 1.82) is 0 Å². The van der Waals surface area contributed by atoms with Crippen LogP contribution in [0.5, 0.6) is 0 Å². The normalized spacial score (nSPS) is 11.1. The second kappa shape index (κ2) is 12.8. The van der Waals surface area contributed by atoms with E-state index in [1.807, 2.05) is 31.3 Å². The maximum atomic E-state index is 12.4. The molecule has 0 atom stereocenters. The predicted molar refractivity (Wildman–Crippen MR) is 144 cm³/mol. The van der Waals surface area contributed by atoms with Gasteiger partial charge in [0, 0.05) is 43.2 Å². The molecule has 2 aromatic carbocycles. The molecule has 0 radical (unpaired) electrons. The molecule has 0 spiro atoms. The van der Waals surface area contributed by atoms with Gasteiger partial charge < -0.3 is 19.7 Å². The molecule has 37 heavy (non-hydrogen) atoms. The third-order valence-corrected chi connectivity index (χ3v) is 6.42. The van der Waals surface area contributed by atoms with Crippen LogP contribution in [0.1, 0.15) is 56.8 Å². The molecule has 192 valence electrons. The number of unbranched alkanes of at least 4 members (excludes halogenated alkanes) is 1. The van der Waals surface area contributed by atoms with E-state index < -0.39 is 5.97 Å². The highest BCUT2D eigenvalue weighted by Crippen LogP contribution is 2.25. The van der Waals surface area contributed by atoms with Gasteiger partial charge in [0.2, 0.25) is 0 Å². The highest BCUT2D eigenvalue weighted by atomic mass is 16.5. The number of nitrogens with one attached hydrogen (secondary N) is 1. The van der Waals surface area contributed by atoms with Crippen molar-refractivity contribution in [2.24, 2.45) is 0 Å². The Morgan fingerprint density at radius 3 is 2.51 bits per heavy atom. The number of aromatic nitrogens is 2. The standard InChI is InChI=1S/C30H33N3O4/c1-22-28-24(12-9-19-37-21-23-10-3-2-4-11-23)20-33(27(28)15-17-31-22)18-8-7-16-32-29(34)25-13-5-6-14-26(25)30(35)36/h2-6,10-11,13-15,17,20H,7-9,12,16,18-19,21H2,1H3,(H,32,34)(H,35,36). The van der Waals surface area contributed by atoms with E-state index in [1.54, 1.807) is 12.1 Å². The van der Waals surface area contributed by atoms with Gasteiger partial charge in [-0.15, -0.1) is 0 Å². The van der Waals surface area contributed by atoms with Crippen LogP contribution in [0.4, 0.5) is 0 Å². The number of hydrogen-bond donors (Lipinski definition) is 2. The first-order valence-electron chi connectivity index (χ1n) is 12.7. The van der Waals surface area contributed by atoms with Gasteiger partial charge in [-0.2, -0.15) is 0 Å². The number of aryl methyl sites for hydroxylation is 3. The number of hydrogen-bond acceptors (Lipinski definition) is 4. The van der Waals surface area contributed by atoms with Crippen LogP contribution in [0, 0.1) is 6.92 Å². The van der Waals surface area contributed by atoms with Crippen LogP contribution >= 0.6 is 0 Å². The predicted octanol–water partition coefficient (Wildman–Crippen LogP) is 5.40. The van der Waals surface area contributed by atoms with Crippen molar-refractivity contribution in [3.8, 4) is 0 Å². The zero-order valence-electron chi connectivity index (χ0n) is 21.2. The number of fused-ring (bicyclic) bond motifs is 1. The van der Waals surface area contributed by atoms with Crippen LogP contribution < -0.4 is 5.32 Å². The lowest BCUT2D eigenvalue weighted by Crippen LogP contribution is -2.26. The third kappa shape index (κ3) is 6.83. The number of pyridine rings is 1. The number of carboxylic acids is 1. The van der Waals surface area contributed by atoms with Gasteiger partial charge in [0.1, 0.15) is 0 Å². The minimum Gasteiger partial charge on any atom is -0.478 e. The Bertz CT molecular complexity index is 1350. The third-order valence-electron chi connectivity index (χ3n) is 6.42. The first-order chi connectivity index (χ1) is 18.0. The molecule has 0 aliphatic carbocycles. The van der Waals surface area contributed by atoms with E-state index in [0.717, 1.165) is 37.9 Å². The van der Waals surface area contributed by atoms with E-state index in [2.05, 4.69) is 39.3 Å². The fourth-order valence-corrected chi connectivity index (χ4v) is 4.59. The fourth-order valence-electron chi connectivity index (χ4n) is 4.59. The monoisotopic (exact) mass is 499 g/mol. The van der Waals surface area contributed by atoms with Gasteiger partial charge >= 0.3 is 5.97 Å². The van der Waals surface area contributed by atoms with Crippen molar-refractivity contribution in [3.05, 3.63) is 101 Å². The maximum Gasteiger partial charge on any atom is 0.336 e. The summed E-state index contributed by atoms with van der Waals surface area (Å²) in [4.78, 5) is 28.3. The first-order valence-corrected chi connectivity index (χ1v) is 12.7. The molecule has 0 saturated heterocycles. The lowest BCUT2D eigenvalue weighted by Gasteiger charge is -2.09. The quantitative estimate of drug-likeness (QED) is 0.240. The minimum atomic E-state index is -1.10. The Hall–Kier alpha value is -3.97. The second-order valence-electron chi connectivity index (χ2n) is 9.09. The average molecular weight is 500 g/mol. The number of nitrogens with zero attached hydrogens (tertiary/aromatic N) is 2. The number of benzene rings is 2. The molecular weight excluding hydrogens is 466 g/mol. The zero-order valence-corrected chi connectivity index (χ0v) is 21.2. The SMILES string of the molecule is Cc1nccc2c1c(CCCOCc1ccccc1)cn2CCCCNC(=O)c1ccccc1C(=O)O. The Morgan fingerprint density at radius 2 is 1.73 bits per heavy atom. The van der Waals surface area contributed by atoms with Crippen LogP contribution in [0.2, 0.25) is 0 Å². The number of aromatic carboxylic acids is 1. The van der Waals surface area contributed by atoms with E-state index in [0.29, 0.717) is 19.8 Å². The van der Waals surface area contributed by atoms with E-state index in [1.165, 1.54) is 34.2 Å². The minimum absolute atomic E-state index is 0.0146. The summed E-state index contributed by atoms with van der Waals surface area (Å²) in [7, 11) is 0. The molecule has 2 aromatic heterocycles. The average Bonchev–Trinajstić information content (AvgIpc) is 3.27. The molecule has 4 rings (SSSR count). The lowest BCUT2D eigenvalue weighted by atomic mass is 10.1. The molecule has 2 N–H and O–H groups in total. The number of ether oxygens (including phenoxy) is 1. The van der Waals surface area contributed by atoms with Crippen LogP contribution in [0.25, 0.3) is 10.9 Å². The smallest absolute Gasteiger partial charge is 0.336 e. The van der Waals surface area contributed by atoms with E-state index >= 15 is 0 Å². The zero-order chi connectivity index (χ0) is 26.0. The lowest BCUT2D eigenvalue weighted by molar-refractivity contribution is 0.0691. The maximum absolute atomic E-state index is 12.4. The summed E-state index contributed by atoms with van der Waals surface area (Å²) >= 11 is 0. The molecule has 1 amide bonds. The first kappa shape index (κ1) is 26.1. The van der Waals surface area contributed by atoms with Crippen molar-refractivity contribution in [2.75, 3.05) is 13.2 Å². The molecule has 2 heterocycles. The fraction of sp³-hybridized carbons (Fsp3) is 0.300. The topological polar surface area (TPSA) is 93.5 Å². The highest BCUT2D eigenvalue weighted by molar-refractivity contribution is 6.04. The number of carbonyl (C=O) groups is 2. The van der Waals surface area contributed by atoms with Crippen molar-refractivity contribution >= 4 is 22.8 Å². The number of amides is 1. The Labute approximate surface area is 217 Å². The van der Waals surface area contributed by atoms with E-state index in [4.69, 9.17) is 4.74 Å². The van der Waals surface area contributed by atoms with Crippen LogP contribution in [-0.4, -0.2) is 39.7 Å². The summed E-state index contributed by atoms with van der Waals surface area (Å²) in [5.41, 5.74) is 4.87. The van der Waals surface area contributed by atoms with Crippen LogP contribution in [0.15, 0.2) is 73.1 Å². The van der Waals surface area contributed by atoms with E-state index in [-0.39, 0.29) is 17.0 Å². The molecule has 4 aromatic rings. The molecule has 0 saturated carbocycles. The summed E-state index contributed by atoms with van der Waals surface area (Å²) < 4.78 is 8.13. The summed E-state index contributed by atoms with van der Waals surface area (Å²) in [6.07, 6.45) is 7.59. The van der Waals surface area contributed by atoms with Gasteiger partial charge in [-0.1, -0.05) is 42.5 Å². The van der Waals surface area contributed by atoms with Crippen molar-refractivity contribution in [3.63, 3.8) is 0 Å². The van der Waals surface area contributed by atoms with Crippen LogP contribution in [0.3, 0.4) is 0 Å². The largest absolute Gasteiger partial charge is 0.478 e. The van der Waals surface area contributed by atoms with Gasteiger partial charge in [-0.3, -0.25) is 9.78 Å². The molecule has 0 fully saturated rings. The number of carboxylic acid groups (broad SMARTS) is 1. The molecule has 7 nitrogen and oxygen atoms in total. The van der Waals surface area contributed by atoms with Gasteiger partial charge in [0.25, 0.3) is 5.91 Å². The summed E-state index contributed by atoms with van der Waals surface area (Å²) in [6.45, 7) is 4.68. The second-order valence-corrected chi connectivity index (χ2v) is 9.09. The molecule has 0 bridgehead atoms.